The molecule has 0 saturated heterocycles. The fourth-order valence-corrected chi connectivity index (χ4v) is 2.00. The maximum Gasteiger partial charge on any atom is 0.273 e. The molecule has 0 radical (unpaired) electrons. The van der Waals surface area contributed by atoms with Crippen LogP contribution in [0.4, 0.5) is 4.39 Å². The molecule has 0 spiro atoms. The summed E-state index contributed by atoms with van der Waals surface area (Å²) in [6.07, 6.45) is 4.48. The molecule has 1 aliphatic rings. The number of carbonyl (C=O) groups excluding carboxylic acids is 1. The highest BCUT2D eigenvalue weighted by molar-refractivity contribution is 5.92. The second kappa shape index (κ2) is 5.95. The zero-order valence-electron chi connectivity index (χ0n) is 11.3. The highest BCUT2D eigenvalue weighted by Gasteiger charge is 2.21. The van der Waals surface area contributed by atoms with E-state index >= 15 is 0 Å². The first-order valence-electron chi connectivity index (χ1n) is 6.84. The van der Waals surface area contributed by atoms with Gasteiger partial charge in [-0.05, 0) is 31.4 Å². The topological polar surface area (TPSA) is 64.4 Å². The summed E-state index contributed by atoms with van der Waals surface area (Å²) in [5, 5.41) is 2.88. The van der Waals surface area contributed by atoms with Crippen molar-refractivity contribution in [3.63, 3.8) is 0 Å². The minimum absolute atomic E-state index is 0.0418. The van der Waals surface area contributed by atoms with Crippen LogP contribution in [-0.4, -0.2) is 16.9 Å². The van der Waals surface area contributed by atoms with Gasteiger partial charge in [-0.2, -0.15) is 0 Å². The molecule has 21 heavy (non-hydrogen) atoms. The van der Waals surface area contributed by atoms with Crippen LogP contribution in [0.15, 0.2) is 34.9 Å². The summed E-state index contributed by atoms with van der Waals surface area (Å²) < 4.78 is 23.5. The molecule has 1 saturated carbocycles. The molecule has 1 aromatic heterocycles. The average molecular weight is 290 g/mol. The molecule has 5 nitrogen and oxygen atoms in total. The number of aromatic nitrogens is 1. The molecular formula is C15H15FN2O3. The summed E-state index contributed by atoms with van der Waals surface area (Å²) in [5.41, 5.74) is 0.236. The van der Waals surface area contributed by atoms with Gasteiger partial charge < -0.3 is 14.5 Å². The van der Waals surface area contributed by atoms with Gasteiger partial charge in [0, 0.05) is 12.1 Å². The SMILES string of the molecule is O=C(NC1CCC1)c1coc(COc2cccc(F)c2)n1. The molecule has 1 aromatic carbocycles. The van der Waals surface area contributed by atoms with Gasteiger partial charge in [0.05, 0.1) is 0 Å². The average Bonchev–Trinajstić information content (AvgIpc) is 2.89. The zero-order chi connectivity index (χ0) is 14.7. The third-order valence-corrected chi connectivity index (χ3v) is 3.38. The molecule has 1 fully saturated rings. The standard InChI is InChI=1S/C15H15FN2O3/c16-10-3-1-6-12(7-10)20-9-14-18-13(8-21-14)15(19)17-11-4-2-5-11/h1,3,6-8,11H,2,4-5,9H2,(H,17,19). The van der Waals surface area contributed by atoms with Gasteiger partial charge in [0.25, 0.3) is 5.91 Å². The van der Waals surface area contributed by atoms with E-state index in [2.05, 4.69) is 10.3 Å². The van der Waals surface area contributed by atoms with E-state index in [0.29, 0.717) is 5.75 Å². The van der Waals surface area contributed by atoms with Gasteiger partial charge in [-0.3, -0.25) is 4.79 Å². The zero-order valence-corrected chi connectivity index (χ0v) is 11.3. The van der Waals surface area contributed by atoms with E-state index in [4.69, 9.17) is 9.15 Å². The minimum atomic E-state index is -0.375. The number of nitrogens with one attached hydrogen (secondary N) is 1. The molecule has 110 valence electrons. The molecule has 0 bridgehead atoms. The first-order chi connectivity index (χ1) is 10.2. The third kappa shape index (κ3) is 3.39. The molecule has 0 aliphatic heterocycles. The van der Waals surface area contributed by atoms with Gasteiger partial charge in [-0.1, -0.05) is 6.07 Å². The number of rotatable bonds is 5. The van der Waals surface area contributed by atoms with Crippen molar-refractivity contribution < 1.29 is 18.3 Å². The van der Waals surface area contributed by atoms with E-state index in [9.17, 15) is 9.18 Å². The highest BCUT2D eigenvalue weighted by Crippen LogP contribution is 2.19. The Morgan fingerprint density at radius 2 is 2.33 bits per heavy atom. The first kappa shape index (κ1) is 13.6. The van der Waals surface area contributed by atoms with E-state index in [0.717, 1.165) is 19.3 Å². The molecule has 1 N–H and O–H groups in total. The van der Waals surface area contributed by atoms with Crippen molar-refractivity contribution in [2.24, 2.45) is 0 Å². The van der Waals surface area contributed by atoms with Gasteiger partial charge in [-0.15, -0.1) is 0 Å². The maximum atomic E-state index is 13.0. The van der Waals surface area contributed by atoms with Gasteiger partial charge >= 0.3 is 0 Å². The Morgan fingerprint density at radius 1 is 1.48 bits per heavy atom. The van der Waals surface area contributed by atoms with E-state index in [1.165, 1.54) is 18.4 Å². The van der Waals surface area contributed by atoms with Crippen LogP contribution >= 0.6 is 0 Å². The molecule has 2 aromatic rings. The Labute approximate surface area is 121 Å². The third-order valence-electron chi connectivity index (χ3n) is 3.38. The van der Waals surface area contributed by atoms with Crippen molar-refractivity contribution in [2.45, 2.75) is 31.9 Å². The first-order valence-corrected chi connectivity index (χ1v) is 6.84. The van der Waals surface area contributed by atoms with E-state index in [-0.39, 0.29) is 36.0 Å². The number of amides is 1. The number of hydrogen-bond donors (Lipinski definition) is 1. The largest absolute Gasteiger partial charge is 0.484 e. The fraction of sp³-hybridized carbons (Fsp3) is 0.333. The number of benzene rings is 1. The van der Waals surface area contributed by atoms with Crippen molar-refractivity contribution in [1.29, 1.82) is 0 Å². The Bertz CT molecular complexity index is 637. The van der Waals surface area contributed by atoms with Crippen LogP contribution in [0.25, 0.3) is 0 Å². The Morgan fingerprint density at radius 3 is 3.05 bits per heavy atom. The summed E-state index contributed by atoms with van der Waals surface area (Å²) in [5.74, 6) is 0.0487. The maximum absolute atomic E-state index is 13.0. The van der Waals surface area contributed by atoms with Crippen molar-refractivity contribution >= 4 is 5.91 Å². The number of halogens is 1. The number of ether oxygens (including phenoxy) is 1. The summed E-state index contributed by atoms with van der Waals surface area (Å²) in [6.45, 7) is 0.0418. The lowest BCUT2D eigenvalue weighted by Gasteiger charge is -2.25. The second-order valence-corrected chi connectivity index (χ2v) is 4.97. The Balaban J connectivity index is 1.55. The summed E-state index contributed by atoms with van der Waals surface area (Å²) >= 11 is 0. The Hall–Kier alpha value is -2.37. The molecule has 1 amide bonds. The smallest absolute Gasteiger partial charge is 0.273 e. The lowest BCUT2D eigenvalue weighted by atomic mass is 9.93. The van der Waals surface area contributed by atoms with E-state index in [1.807, 2.05) is 0 Å². The van der Waals surface area contributed by atoms with Crippen molar-refractivity contribution in [1.82, 2.24) is 10.3 Å². The minimum Gasteiger partial charge on any atom is -0.484 e. The van der Waals surface area contributed by atoms with Crippen LogP contribution < -0.4 is 10.1 Å². The Kier molecular flexibility index (Phi) is 3.85. The van der Waals surface area contributed by atoms with Crippen LogP contribution in [0.1, 0.15) is 35.6 Å². The summed E-state index contributed by atoms with van der Waals surface area (Å²) in [4.78, 5) is 15.9. The monoisotopic (exact) mass is 290 g/mol. The molecule has 0 unspecified atom stereocenters. The second-order valence-electron chi connectivity index (χ2n) is 4.97. The fourth-order valence-electron chi connectivity index (χ4n) is 2.00. The van der Waals surface area contributed by atoms with Crippen LogP contribution in [0.2, 0.25) is 0 Å². The normalized spacial score (nSPS) is 14.5. The van der Waals surface area contributed by atoms with Gasteiger partial charge in [0.2, 0.25) is 5.89 Å². The number of nitrogens with zero attached hydrogens (tertiary/aromatic N) is 1. The van der Waals surface area contributed by atoms with Crippen LogP contribution in [0.5, 0.6) is 5.75 Å². The summed E-state index contributed by atoms with van der Waals surface area (Å²) in [7, 11) is 0. The van der Waals surface area contributed by atoms with Crippen molar-refractivity contribution in [3.05, 3.63) is 47.9 Å². The lowest BCUT2D eigenvalue weighted by Crippen LogP contribution is -2.39. The predicted molar refractivity (Wildman–Crippen MR) is 72.3 cm³/mol. The molecule has 6 heteroatoms. The molecule has 1 aliphatic carbocycles. The van der Waals surface area contributed by atoms with E-state index < -0.39 is 0 Å². The van der Waals surface area contributed by atoms with Gasteiger partial charge in [0.15, 0.2) is 12.3 Å². The van der Waals surface area contributed by atoms with Gasteiger partial charge in [0.1, 0.15) is 17.8 Å². The molecule has 3 rings (SSSR count). The van der Waals surface area contributed by atoms with Crippen LogP contribution in [0.3, 0.4) is 0 Å². The number of hydrogen-bond acceptors (Lipinski definition) is 4. The predicted octanol–water partition coefficient (Wildman–Crippen LogP) is 2.68. The van der Waals surface area contributed by atoms with E-state index in [1.54, 1.807) is 12.1 Å². The van der Waals surface area contributed by atoms with Crippen LogP contribution in [-0.2, 0) is 6.61 Å². The molecular weight excluding hydrogens is 275 g/mol. The van der Waals surface area contributed by atoms with Crippen LogP contribution in [0, 0.1) is 5.82 Å². The number of carbonyl (C=O) groups is 1. The number of oxazole rings is 1. The van der Waals surface area contributed by atoms with Gasteiger partial charge in [-0.25, -0.2) is 9.37 Å². The van der Waals surface area contributed by atoms with Crippen molar-refractivity contribution in [2.75, 3.05) is 0 Å². The lowest BCUT2D eigenvalue weighted by molar-refractivity contribution is 0.0911. The van der Waals surface area contributed by atoms with Crippen molar-refractivity contribution in [3.8, 4) is 5.75 Å². The highest BCUT2D eigenvalue weighted by atomic mass is 19.1. The quantitative estimate of drug-likeness (QED) is 0.919. The molecule has 0 atom stereocenters. The summed E-state index contributed by atoms with van der Waals surface area (Å²) in [6, 6.07) is 6.04. The molecule has 1 heterocycles.